The minimum Gasteiger partial charge on any atom is -0.440 e. The standard InChI is InChI=1S/C15H15NO4S/c1-9(17)14-8-13(16(18)19)15(21-14)20-12-6-5-10-3-2-4-11(10)7-12/h5-9,17H,2-4H2,1H3. The molecule has 3 rings (SSSR count). The van der Waals surface area contributed by atoms with E-state index in [1.807, 2.05) is 18.2 Å². The third-order valence-corrected chi connectivity index (χ3v) is 4.76. The van der Waals surface area contributed by atoms with Gasteiger partial charge in [-0.25, -0.2) is 0 Å². The molecule has 1 aromatic carbocycles. The van der Waals surface area contributed by atoms with Crippen molar-refractivity contribution in [2.24, 2.45) is 0 Å². The van der Waals surface area contributed by atoms with Crippen LogP contribution in [0.25, 0.3) is 0 Å². The Morgan fingerprint density at radius 3 is 2.81 bits per heavy atom. The lowest BCUT2D eigenvalue weighted by Crippen LogP contribution is -1.90. The third kappa shape index (κ3) is 2.77. The molecule has 0 spiro atoms. The number of benzene rings is 1. The Kier molecular flexibility index (Phi) is 3.65. The minimum atomic E-state index is -0.744. The van der Waals surface area contributed by atoms with Gasteiger partial charge in [0.25, 0.3) is 5.06 Å². The molecule has 0 radical (unpaired) electrons. The number of nitrogens with zero attached hydrogens (tertiary/aromatic N) is 1. The predicted octanol–water partition coefficient (Wildman–Crippen LogP) is 3.99. The van der Waals surface area contributed by atoms with Crippen LogP contribution in [0.3, 0.4) is 0 Å². The molecule has 1 atom stereocenters. The summed E-state index contributed by atoms with van der Waals surface area (Å²) in [6, 6.07) is 7.19. The van der Waals surface area contributed by atoms with Crippen LogP contribution in [0, 0.1) is 10.1 Å². The maximum atomic E-state index is 11.1. The van der Waals surface area contributed by atoms with Gasteiger partial charge in [0.2, 0.25) is 0 Å². The van der Waals surface area contributed by atoms with Crippen molar-refractivity contribution in [3.05, 3.63) is 50.4 Å². The normalized spacial score (nSPS) is 14.8. The van der Waals surface area contributed by atoms with E-state index in [4.69, 9.17) is 4.74 Å². The molecular weight excluding hydrogens is 290 g/mol. The van der Waals surface area contributed by atoms with Crippen LogP contribution in [0.5, 0.6) is 10.8 Å². The molecule has 6 heteroatoms. The molecule has 0 fully saturated rings. The van der Waals surface area contributed by atoms with E-state index < -0.39 is 11.0 Å². The summed E-state index contributed by atoms with van der Waals surface area (Å²) >= 11 is 1.11. The molecule has 0 amide bonds. The Hall–Kier alpha value is -1.92. The molecule has 5 nitrogen and oxygen atoms in total. The van der Waals surface area contributed by atoms with E-state index in [9.17, 15) is 15.2 Å². The van der Waals surface area contributed by atoms with Crippen LogP contribution in [0.1, 0.15) is 35.5 Å². The Bertz CT molecular complexity index is 693. The summed E-state index contributed by atoms with van der Waals surface area (Å²) in [5.74, 6) is 0.609. The second-order valence-electron chi connectivity index (χ2n) is 5.14. The first-order valence-corrected chi connectivity index (χ1v) is 7.62. The molecule has 110 valence electrons. The number of aryl methyl sites for hydroxylation is 2. The van der Waals surface area contributed by atoms with Crippen LogP contribution < -0.4 is 4.74 Å². The van der Waals surface area contributed by atoms with E-state index in [1.54, 1.807) is 6.92 Å². The average Bonchev–Trinajstić information content (AvgIpc) is 3.04. The van der Waals surface area contributed by atoms with E-state index >= 15 is 0 Å². The van der Waals surface area contributed by atoms with Gasteiger partial charge in [-0.1, -0.05) is 17.4 Å². The van der Waals surface area contributed by atoms with E-state index in [0.717, 1.165) is 30.6 Å². The van der Waals surface area contributed by atoms with Gasteiger partial charge < -0.3 is 9.84 Å². The third-order valence-electron chi connectivity index (χ3n) is 3.59. The highest BCUT2D eigenvalue weighted by molar-refractivity contribution is 7.14. The number of hydrogen-bond acceptors (Lipinski definition) is 5. The lowest BCUT2D eigenvalue weighted by molar-refractivity contribution is -0.385. The van der Waals surface area contributed by atoms with E-state index in [-0.39, 0.29) is 10.8 Å². The second kappa shape index (κ2) is 5.46. The lowest BCUT2D eigenvalue weighted by Gasteiger charge is -2.05. The van der Waals surface area contributed by atoms with Crippen molar-refractivity contribution in [1.29, 1.82) is 0 Å². The Morgan fingerprint density at radius 1 is 1.33 bits per heavy atom. The zero-order valence-corrected chi connectivity index (χ0v) is 12.4. The highest BCUT2D eigenvalue weighted by Gasteiger charge is 2.23. The van der Waals surface area contributed by atoms with E-state index in [2.05, 4.69) is 0 Å². The highest BCUT2D eigenvalue weighted by atomic mass is 32.1. The summed E-state index contributed by atoms with van der Waals surface area (Å²) in [5.41, 5.74) is 2.48. The Balaban J connectivity index is 1.92. The molecule has 1 aromatic heterocycles. The summed E-state index contributed by atoms with van der Waals surface area (Å²) in [4.78, 5) is 11.1. The zero-order chi connectivity index (χ0) is 15.0. The summed E-state index contributed by atoms with van der Waals surface area (Å²) in [7, 11) is 0. The van der Waals surface area contributed by atoms with Crippen molar-refractivity contribution >= 4 is 17.0 Å². The van der Waals surface area contributed by atoms with Crippen molar-refractivity contribution in [3.8, 4) is 10.8 Å². The Morgan fingerprint density at radius 2 is 2.10 bits per heavy atom. The number of rotatable bonds is 4. The fourth-order valence-electron chi connectivity index (χ4n) is 2.51. The summed E-state index contributed by atoms with van der Waals surface area (Å²) in [6.07, 6.45) is 2.51. The van der Waals surface area contributed by atoms with Gasteiger partial charge in [-0.15, -0.1) is 0 Å². The van der Waals surface area contributed by atoms with Crippen LogP contribution in [0.2, 0.25) is 0 Å². The average molecular weight is 305 g/mol. The molecule has 1 aliphatic rings. The quantitative estimate of drug-likeness (QED) is 0.684. The molecule has 0 saturated carbocycles. The maximum Gasteiger partial charge on any atom is 0.323 e. The van der Waals surface area contributed by atoms with Gasteiger partial charge in [-0.05, 0) is 49.4 Å². The van der Waals surface area contributed by atoms with Crippen LogP contribution in [-0.2, 0) is 12.8 Å². The molecule has 1 aliphatic carbocycles. The highest BCUT2D eigenvalue weighted by Crippen LogP contribution is 2.42. The number of ether oxygens (including phenoxy) is 1. The van der Waals surface area contributed by atoms with Gasteiger partial charge in [-0.3, -0.25) is 10.1 Å². The van der Waals surface area contributed by atoms with Gasteiger partial charge >= 0.3 is 5.69 Å². The Labute approximate surface area is 126 Å². The van der Waals surface area contributed by atoms with Gasteiger partial charge in [-0.2, -0.15) is 0 Å². The summed E-state index contributed by atoms with van der Waals surface area (Å²) < 4.78 is 5.69. The zero-order valence-electron chi connectivity index (χ0n) is 11.5. The predicted molar refractivity (Wildman–Crippen MR) is 80.1 cm³/mol. The molecule has 0 saturated heterocycles. The minimum absolute atomic E-state index is 0.101. The van der Waals surface area contributed by atoms with Gasteiger partial charge in [0.15, 0.2) is 0 Å². The van der Waals surface area contributed by atoms with E-state index in [1.165, 1.54) is 17.2 Å². The molecule has 1 heterocycles. The molecule has 2 aromatic rings. The van der Waals surface area contributed by atoms with Crippen LogP contribution in [-0.4, -0.2) is 10.0 Å². The second-order valence-corrected chi connectivity index (χ2v) is 6.19. The van der Waals surface area contributed by atoms with Crippen LogP contribution in [0.15, 0.2) is 24.3 Å². The van der Waals surface area contributed by atoms with Gasteiger partial charge in [0.05, 0.1) is 11.0 Å². The molecule has 0 aliphatic heterocycles. The monoisotopic (exact) mass is 305 g/mol. The van der Waals surface area contributed by atoms with Crippen molar-refractivity contribution in [1.82, 2.24) is 0 Å². The van der Waals surface area contributed by atoms with Gasteiger partial charge in [0.1, 0.15) is 5.75 Å². The number of hydrogen-bond donors (Lipinski definition) is 1. The first-order valence-electron chi connectivity index (χ1n) is 6.80. The number of thiophene rings is 1. The van der Waals surface area contributed by atoms with Crippen LogP contribution >= 0.6 is 11.3 Å². The fraction of sp³-hybridized carbons (Fsp3) is 0.333. The van der Waals surface area contributed by atoms with Crippen molar-refractivity contribution in [2.45, 2.75) is 32.3 Å². The lowest BCUT2D eigenvalue weighted by atomic mass is 10.1. The first kappa shape index (κ1) is 14.0. The summed E-state index contributed by atoms with van der Waals surface area (Å²) in [6.45, 7) is 1.58. The number of aliphatic hydroxyl groups is 1. The SMILES string of the molecule is CC(O)c1cc([N+](=O)[O-])c(Oc2ccc3c(c2)CCC3)s1. The molecule has 0 bridgehead atoms. The topological polar surface area (TPSA) is 72.6 Å². The molecule has 1 N–H and O–H groups in total. The fourth-order valence-corrected chi connectivity index (χ4v) is 3.44. The first-order chi connectivity index (χ1) is 10.0. The smallest absolute Gasteiger partial charge is 0.323 e. The van der Waals surface area contributed by atoms with Gasteiger partial charge in [0, 0.05) is 10.9 Å². The van der Waals surface area contributed by atoms with Crippen LogP contribution in [0.4, 0.5) is 5.69 Å². The molecular formula is C15H15NO4S. The van der Waals surface area contributed by atoms with Crippen molar-refractivity contribution < 1.29 is 14.8 Å². The van der Waals surface area contributed by atoms with Crippen molar-refractivity contribution in [2.75, 3.05) is 0 Å². The summed E-state index contributed by atoms with van der Waals surface area (Å²) in [5, 5.41) is 20.9. The number of fused-ring (bicyclic) bond motifs is 1. The number of nitro groups is 1. The maximum absolute atomic E-state index is 11.1. The van der Waals surface area contributed by atoms with Crippen molar-refractivity contribution in [3.63, 3.8) is 0 Å². The molecule has 21 heavy (non-hydrogen) atoms. The molecule has 1 unspecified atom stereocenters. The largest absolute Gasteiger partial charge is 0.440 e. The van der Waals surface area contributed by atoms with E-state index in [0.29, 0.717) is 10.6 Å². The number of aliphatic hydroxyl groups excluding tert-OH is 1.